The molecule has 0 aromatic carbocycles. The highest BCUT2D eigenvalue weighted by Crippen LogP contribution is 2.16. The van der Waals surface area contributed by atoms with Gasteiger partial charge in [0.1, 0.15) is 6.04 Å². The fourth-order valence-electron chi connectivity index (χ4n) is 1.51. The molecule has 0 aromatic heterocycles. The summed E-state index contributed by atoms with van der Waals surface area (Å²) in [5.41, 5.74) is 5.47. The first-order valence-corrected chi connectivity index (χ1v) is 4.77. The van der Waals surface area contributed by atoms with E-state index in [-0.39, 0.29) is 23.9 Å². The molecule has 14 heavy (non-hydrogen) atoms. The van der Waals surface area contributed by atoms with E-state index >= 15 is 0 Å². The molecule has 3 amide bonds. The van der Waals surface area contributed by atoms with Crippen LogP contribution in [0.5, 0.6) is 0 Å². The summed E-state index contributed by atoms with van der Waals surface area (Å²) in [6.07, 6.45) is 0. The molecule has 0 spiro atoms. The van der Waals surface area contributed by atoms with Gasteiger partial charge in [0.05, 0.1) is 0 Å². The van der Waals surface area contributed by atoms with Gasteiger partial charge in [0.2, 0.25) is 0 Å². The van der Waals surface area contributed by atoms with Crippen LogP contribution in [0, 0.1) is 5.92 Å². The number of hydrogen-bond acceptors (Lipinski definition) is 3. The fourth-order valence-corrected chi connectivity index (χ4v) is 1.51. The van der Waals surface area contributed by atoms with Gasteiger partial charge in [-0.1, -0.05) is 6.92 Å². The smallest absolute Gasteiger partial charge is 0.327 e. The summed E-state index contributed by atoms with van der Waals surface area (Å²) in [6.45, 7) is 4.77. The number of nitrogens with zero attached hydrogens (tertiary/aromatic N) is 2. The van der Waals surface area contributed by atoms with Crippen molar-refractivity contribution in [1.29, 1.82) is 0 Å². The molecule has 0 aromatic rings. The monoisotopic (exact) mass is 199 g/mol. The molecule has 80 valence electrons. The Balaban J connectivity index is 2.70. The molecule has 1 fully saturated rings. The van der Waals surface area contributed by atoms with Crippen molar-refractivity contribution < 1.29 is 9.59 Å². The molecule has 1 rings (SSSR count). The van der Waals surface area contributed by atoms with Crippen LogP contribution < -0.4 is 5.73 Å². The normalized spacial score (nSPS) is 24.7. The van der Waals surface area contributed by atoms with Crippen LogP contribution in [-0.2, 0) is 4.79 Å². The maximum absolute atomic E-state index is 11.6. The zero-order valence-corrected chi connectivity index (χ0v) is 8.86. The first-order chi connectivity index (χ1) is 6.49. The van der Waals surface area contributed by atoms with E-state index in [1.54, 1.807) is 11.8 Å². The van der Waals surface area contributed by atoms with E-state index in [2.05, 4.69) is 0 Å². The highest BCUT2D eigenvalue weighted by atomic mass is 16.2. The van der Waals surface area contributed by atoms with Gasteiger partial charge in [0.15, 0.2) is 0 Å². The molecule has 1 heterocycles. The SMILES string of the molecule is CC(CN)CN1C(=O)N(C)C(=O)C1C. The molecule has 2 atom stereocenters. The summed E-state index contributed by atoms with van der Waals surface area (Å²) in [5, 5.41) is 0. The van der Waals surface area contributed by atoms with E-state index in [0.717, 1.165) is 4.90 Å². The van der Waals surface area contributed by atoms with Gasteiger partial charge in [0, 0.05) is 13.6 Å². The molecule has 2 unspecified atom stereocenters. The number of nitrogens with two attached hydrogens (primary N) is 1. The highest BCUT2D eigenvalue weighted by Gasteiger charge is 2.40. The van der Waals surface area contributed by atoms with Crippen molar-refractivity contribution >= 4 is 11.9 Å². The Hall–Kier alpha value is -1.10. The quantitative estimate of drug-likeness (QED) is 0.643. The summed E-state index contributed by atoms with van der Waals surface area (Å²) < 4.78 is 0. The van der Waals surface area contributed by atoms with Crippen molar-refractivity contribution in [3.05, 3.63) is 0 Å². The zero-order chi connectivity index (χ0) is 10.9. The minimum atomic E-state index is -0.346. The van der Waals surface area contributed by atoms with Crippen LogP contribution >= 0.6 is 0 Å². The Bertz CT molecular complexity index is 254. The maximum atomic E-state index is 11.6. The molecular formula is C9H17N3O2. The Kier molecular flexibility index (Phi) is 3.10. The van der Waals surface area contributed by atoms with Crippen LogP contribution in [0.15, 0.2) is 0 Å². The molecule has 5 nitrogen and oxygen atoms in total. The summed E-state index contributed by atoms with van der Waals surface area (Å²) in [6, 6.07) is -0.565. The second-order valence-electron chi connectivity index (χ2n) is 3.85. The lowest BCUT2D eigenvalue weighted by molar-refractivity contribution is -0.127. The Labute approximate surface area is 83.8 Å². The molecule has 2 N–H and O–H groups in total. The second kappa shape index (κ2) is 3.96. The predicted molar refractivity (Wildman–Crippen MR) is 52.6 cm³/mol. The van der Waals surface area contributed by atoms with Crippen molar-refractivity contribution in [1.82, 2.24) is 9.80 Å². The number of likely N-dealkylation sites (N-methyl/N-ethyl adjacent to an activating group) is 1. The number of carbonyl (C=O) groups is 2. The van der Waals surface area contributed by atoms with Gasteiger partial charge in [-0.25, -0.2) is 4.79 Å². The van der Waals surface area contributed by atoms with Gasteiger partial charge in [-0.3, -0.25) is 9.69 Å². The Morgan fingerprint density at radius 3 is 2.43 bits per heavy atom. The van der Waals surface area contributed by atoms with Gasteiger partial charge >= 0.3 is 6.03 Å². The minimum Gasteiger partial charge on any atom is -0.330 e. The molecule has 0 radical (unpaired) electrons. The number of rotatable bonds is 3. The second-order valence-corrected chi connectivity index (χ2v) is 3.85. The van der Waals surface area contributed by atoms with Crippen molar-refractivity contribution in [2.75, 3.05) is 20.1 Å². The van der Waals surface area contributed by atoms with Crippen LogP contribution in [0.25, 0.3) is 0 Å². The van der Waals surface area contributed by atoms with Crippen molar-refractivity contribution in [3.63, 3.8) is 0 Å². The fraction of sp³-hybridized carbons (Fsp3) is 0.778. The summed E-state index contributed by atoms with van der Waals surface area (Å²) in [4.78, 5) is 25.7. The number of imide groups is 1. The van der Waals surface area contributed by atoms with E-state index in [0.29, 0.717) is 13.1 Å². The number of urea groups is 1. The van der Waals surface area contributed by atoms with Gasteiger partial charge in [-0.2, -0.15) is 0 Å². The van der Waals surface area contributed by atoms with E-state index in [9.17, 15) is 9.59 Å². The summed E-state index contributed by atoms with van der Waals surface area (Å²) in [5.74, 6) is 0.0833. The average molecular weight is 199 g/mol. The van der Waals surface area contributed by atoms with Crippen LogP contribution in [0.4, 0.5) is 4.79 Å². The predicted octanol–water partition coefficient (Wildman–Crippen LogP) is -0.136. The molecule has 1 aliphatic rings. The largest absolute Gasteiger partial charge is 0.330 e. The van der Waals surface area contributed by atoms with Gasteiger partial charge in [0.25, 0.3) is 5.91 Å². The highest BCUT2D eigenvalue weighted by molar-refractivity contribution is 6.03. The zero-order valence-electron chi connectivity index (χ0n) is 8.86. The molecule has 0 aliphatic carbocycles. The van der Waals surface area contributed by atoms with Gasteiger partial charge in [-0.05, 0) is 19.4 Å². The third kappa shape index (κ3) is 1.72. The standard InChI is InChI=1S/C9H17N3O2/c1-6(4-10)5-12-7(2)8(13)11(3)9(12)14/h6-7H,4-5,10H2,1-3H3. The summed E-state index contributed by atoms with van der Waals surface area (Å²) >= 11 is 0. The lowest BCUT2D eigenvalue weighted by Crippen LogP contribution is -2.38. The van der Waals surface area contributed by atoms with Gasteiger partial charge in [-0.15, -0.1) is 0 Å². The maximum Gasteiger partial charge on any atom is 0.327 e. The third-order valence-electron chi connectivity index (χ3n) is 2.60. The van der Waals surface area contributed by atoms with E-state index in [4.69, 9.17) is 5.73 Å². The first kappa shape index (κ1) is 11.0. The van der Waals surface area contributed by atoms with Crippen LogP contribution in [-0.4, -0.2) is 47.9 Å². The van der Waals surface area contributed by atoms with Crippen molar-refractivity contribution in [2.24, 2.45) is 11.7 Å². The molecule has 1 saturated heterocycles. The Morgan fingerprint density at radius 1 is 1.50 bits per heavy atom. The molecule has 0 saturated carbocycles. The number of carbonyl (C=O) groups excluding carboxylic acids is 2. The van der Waals surface area contributed by atoms with E-state index < -0.39 is 0 Å². The van der Waals surface area contributed by atoms with E-state index in [1.807, 2.05) is 6.92 Å². The van der Waals surface area contributed by atoms with E-state index in [1.165, 1.54) is 7.05 Å². The molecule has 1 aliphatic heterocycles. The summed E-state index contributed by atoms with van der Waals surface area (Å²) in [7, 11) is 1.51. The van der Waals surface area contributed by atoms with Crippen LogP contribution in [0.3, 0.4) is 0 Å². The lowest BCUT2D eigenvalue weighted by Gasteiger charge is -2.21. The van der Waals surface area contributed by atoms with Crippen LogP contribution in [0.1, 0.15) is 13.8 Å². The minimum absolute atomic E-state index is 0.140. The number of hydrogen-bond donors (Lipinski definition) is 1. The third-order valence-corrected chi connectivity index (χ3v) is 2.60. The van der Waals surface area contributed by atoms with Crippen molar-refractivity contribution in [2.45, 2.75) is 19.9 Å². The average Bonchev–Trinajstić information content (AvgIpc) is 2.35. The van der Waals surface area contributed by atoms with Crippen molar-refractivity contribution in [3.8, 4) is 0 Å². The molecular weight excluding hydrogens is 182 g/mol. The molecule has 0 bridgehead atoms. The van der Waals surface area contributed by atoms with Gasteiger partial charge < -0.3 is 10.6 Å². The number of amides is 3. The topological polar surface area (TPSA) is 66.6 Å². The molecule has 5 heteroatoms. The lowest BCUT2D eigenvalue weighted by atomic mass is 10.1. The first-order valence-electron chi connectivity index (χ1n) is 4.77. The Morgan fingerprint density at radius 2 is 2.07 bits per heavy atom. The van der Waals surface area contributed by atoms with Crippen LogP contribution in [0.2, 0.25) is 0 Å².